The lowest BCUT2D eigenvalue weighted by atomic mass is 9.86. The summed E-state index contributed by atoms with van der Waals surface area (Å²) in [6.07, 6.45) is 2.62. The molecule has 0 atom stereocenters. The fourth-order valence-electron chi connectivity index (χ4n) is 1.08. The molecule has 4 heteroatoms. The maximum atomic E-state index is 11.1. The van der Waals surface area contributed by atoms with Gasteiger partial charge in [0.1, 0.15) is 0 Å². The molecule has 0 rings (SSSR count). The highest BCUT2D eigenvalue weighted by atomic mass is 16.5. The number of rotatable bonds is 6. The van der Waals surface area contributed by atoms with E-state index in [0.717, 1.165) is 25.9 Å². The van der Waals surface area contributed by atoms with Gasteiger partial charge in [-0.15, -0.1) is 0 Å². The number of hydrogen-bond acceptors (Lipinski definition) is 3. The number of unbranched alkanes of at least 4 members (excludes halogenated alkanes) is 1. The lowest BCUT2D eigenvalue weighted by molar-refractivity contribution is -0.138. The molecule has 0 aromatic heterocycles. The monoisotopic (exact) mass is 189 g/mol. The van der Waals surface area contributed by atoms with Crippen molar-refractivity contribution in [2.45, 2.75) is 33.1 Å². The predicted octanol–water partition coefficient (Wildman–Crippen LogP) is 1.33. The van der Waals surface area contributed by atoms with Gasteiger partial charge in [0.05, 0.1) is 0 Å². The number of carbonyl (C=O) groups is 1. The molecule has 0 radical (unpaired) electrons. The number of methoxy groups -OCH3 is 1. The van der Waals surface area contributed by atoms with Crippen molar-refractivity contribution in [2.75, 3.05) is 13.7 Å². The summed E-state index contributed by atoms with van der Waals surface area (Å²) in [4.78, 5) is 11.1. The van der Waals surface area contributed by atoms with Crippen molar-refractivity contribution in [3.05, 3.63) is 0 Å². The fourth-order valence-corrected chi connectivity index (χ4v) is 1.08. The minimum Gasteiger partial charge on any atom is -0.385 e. The van der Waals surface area contributed by atoms with Crippen molar-refractivity contribution in [2.24, 2.45) is 5.41 Å². The van der Waals surface area contributed by atoms with E-state index in [1.54, 1.807) is 12.6 Å². The van der Waals surface area contributed by atoms with E-state index in [1.807, 2.05) is 13.8 Å². The molecule has 0 aliphatic heterocycles. The van der Waals surface area contributed by atoms with Gasteiger partial charge in [-0.2, -0.15) is 0 Å². The number of amides is 1. The Morgan fingerprint density at radius 2 is 2.08 bits per heavy atom. The number of nitrogens with one attached hydrogen (secondary N) is 1. The quantitative estimate of drug-likeness (QED) is 0.376. The Kier molecular flexibility index (Phi) is 5.66. The average molecular weight is 189 g/mol. The average Bonchev–Trinajstić information content (AvgIpc) is 2.11. The van der Waals surface area contributed by atoms with Crippen LogP contribution in [0.25, 0.3) is 0 Å². The van der Waals surface area contributed by atoms with E-state index in [2.05, 4.69) is 0 Å². The molecular weight excluding hydrogens is 170 g/mol. The second-order valence-corrected chi connectivity index (χ2v) is 3.77. The molecule has 2 N–H and O–H groups in total. The number of ether oxygens (including phenoxy) is 1. The molecule has 0 bridgehead atoms. The summed E-state index contributed by atoms with van der Waals surface area (Å²) in [6, 6.07) is 0. The molecule has 1 amide bonds. The molecular formula is C9H19NO3. The van der Waals surface area contributed by atoms with Crippen molar-refractivity contribution in [1.82, 2.24) is 5.48 Å². The minimum atomic E-state index is -0.498. The van der Waals surface area contributed by atoms with Crippen molar-refractivity contribution in [1.29, 1.82) is 0 Å². The van der Waals surface area contributed by atoms with E-state index in [1.165, 1.54) is 0 Å². The molecule has 0 fully saturated rings. The zero-order valence-corrected chi connectivity index (χ0v) is 8.59. The zero-order valence-electron chi connectivity index (χ0n) is 8.59. The Hall–Kier alpha value is -0.610. The SMILES string of the molecule is COCCCCC(C)(C)C(=O)NO. The van der Waals surface area contributed by atoms with Gasteiger partial charge in [0.2, 0.25) is 5.91 Å². The van der Waals surface area contributed by atoms with E-state index in [4.69, 9.17) is 9.94 Å². The standard InChI is InChI=1S/C9H19NO3/c1-9(2,8(11)10-12)6-4-5-7-13-3/h12H,4-7H2,1-3H3,(H,10,11). The highest BCUT2D eigenvalue weighted by Gasteiger charge is 2.26. The first-order valence-corrected chi connectivity index (χ1v) is 4.48. The van der Waals surface area contributed by atoms with Gasteiger partial charge in [-0.05, 0) is 12.8 Å². The molecule has 0 saturated heterocycles. The summed E-state index contributed by atoms with van der Waals surface area (Å²) in [5, 5.41) is 8.45. The van der Waals surface area contributed by atoms with E-state index in [0.29, 0.717) is 0 Å². The van der Waals surface area contributed by atoms with Gasteiger partial charge < -0.3 is 4.74 Å². The molecule has 78 valence electrons. The molecule has 0 aromatic rings. The maximum absolute atomic E-state index is 11.1. The van der Waals surface area contributed by atoms with Gasteiger partial charge in [0.25, 0.3) is 0 Å². The summed E-state index contributed by atoms with van der Waals surface area (Å²) in [6.45, 7) is 4.34. The fraction of sp³-hybridized carbons (Fsp3) is 0.889. The summed E-state index contributed by atoms with van der Waals surface area (Å²) >= 11 is 0. The van der Waals surface area contributed by atoms with Gasteiger partial charge in [0.15, 0.2) is 0 Å². The van der Waals surface area contributed by atoms with Crippen LogP contribution in [0.2, 0.25) is 0 Å². The van der Waals surface area contributed by atoms with Crippen LogP contribution in [0.5, 0.6) is 0 Å². The summed E-state index contributed by atoms with van der Waals surface area (Å²) in [5.74, 6) is -0.329. The Balaban J connectivity index is 3.69. The van der Waals surface area contributed by atoms with Gasteiger partial charge in [0, 0.05) is 19.1 Å². The first kappa shape index (κ1) is 12.4. The van der Waals surface area contributed by atoms with Gasteiger partial charge in [-0.1, -0.05) is 20.3 Å². The zero-order chi connectivity index (χ0) is 10.3. The Morgan fingerprint density at radius 3 is 2.54 bits per heavy atom. The van der Waals surface area contributed by atoms with Crippen molar-refractivity contribution in [3.8, 4) is 0 Å². The highest BCUT2D eigenvalue weighted by Crippen LogP contribution is 2.22. The minimum absolute atomic E-state index is 0.329. The highest BCUT2D eigenvalue weighted by molar-refractivity contribution is 5.80. The Morgan fingerprint density at radius 1 is 1.46 bits per heavy atom. The van der Waals surface area contributed by atoms with Crippen molar-refractivity contribution in [3.63, 3.8) is 0 Å². The van der Waals surface area contributed by atoms with Crippen LogP contribution in [0.3, 0.4) is 0 Å². The van der Waals surface area contributed by atoms with Crippen LogP contribution in [0.1, 0.15) is 33.1 Å². The second-order valence-electron chi connectivity index (χ2n) is 3.77. The van der Waals surface area contributed by atoms with Gasteiger partial charge in [-0.3, -0.25) is 10.0 Å². The van der Waals surface area contributed by atoms with Crippen LogP contribution in [0, 0.1) is 5.41 Å². The third-order valence-electron chi connectivity index (χ3n) is 2.12. The molecule has 13 heavy (non-hydrogen) atoms. The number of carbonyl (C=O) groups excluding carboxylic acids is 1. The van der Waals surface area contributed by atoms with E-state index >= 15 is 0 Å². The van der Waals surface area contributed by atoms with E-state index in [9.17, 15) is 4.79 Å². The third-order valence-corrected chi connectivity index (χ3v) is 2.12. The Labute approximate surface area is 79.2 Å². The van der Waals surface area contributed by atoms with Crippen LogP contribution in [0.4, 0.5) is 0 Å². The lowest BCUT2D eigenvalue weighted by Crippen LogP contribution is -2.34. The predicted molar refractivity (Wildman–Crippen MR) is 49.4 cm³/mol. The number of hydrogen-bond donors (Lipinski definition) is 2. The summed E-state index contributed by atoms with van der Waals surface area (Å²) in [7, 11) is 1.66. The molecule has 0 spiro atoms. The van der Waals surface area contributed by atoms with Gasteiger partial charge in [-0.25, -0.2) is 5.48 Å². The van der Waals surface area contributed by atoms with Crippen molar-refractivity contribution < 1.29 is 14.7 Å². The van der Waals surface area contributed by atoms with Crippen LogP contribution in [0.15, 0.2) is 0 Å². The van der Waals surface area contributed by atoms with E-state index < -0.39 is 5.41 Å². The summed E-state index contributed by atoms with van der Waals surface area (Å²) < 4.78 is 4.89. The van der Waals surface area contributed by atoms with Gasteiger partial charge >= 0.3 is 0 Å². The van der Waals surface area contributed by atoms with Crippen LogP contribution >= 0.6 is 0 Å². The van der Waals surface area contributed by atoms with Crippen molar-refractivity contribution >= 4 is 5.91 Å². The van der Waals surface area contributed by atoms with Crippen LogP contribution in [-0.4, -0.2) is 24.8 Å². The first-order chi connectivity index (χ1) is 6.04. The molecule has 0 saturated carbocycles. The normalized spacial score (nSPS) is 11.4. The number of hydroxylamine groups is 1. The maximum Gasteiger partial charge on any atom is 0.248 e. The molecule has 0 aliphatic rings. The largest absolute Gasteiger partial charge is 0.385 e. The first-order valence-electron chi connectivity index (χ1n) is 4.48. The molecule has 0 unspecified atom stereocenters. The third kappa shape index (κ3) is 4.85. The van der Waals surface area contributed by atoms with Crippen LogP contribution in [-0.2, 0) is 9.53 Å². The molecule has 0 heterocycles. The van der Waals surface area contributed by atoms with E-state index in [-0.39, 0.29) is 5.91 Å². The molecule has 0 aromatic carbocycles. The summed E-state index contributed by atoms with van der Waals surface area (Å²) in [5.41, 5.74) is 1.18. The van der Waals surface area contributed by atoms with Crippen LogP contribution < -0.4 is 5.48 Å². The smallest absolute Gasteiger partial charge is 0.248 e. The second kappa shape index (κ2) is 5.94. The topological polar surface area (TPSA) is 58.6 Å². The Bertz CT molecular complexity index is 157. The lowest BCUT2D eigenvalue weighted by Gasteiger charge is -2.21. The molecule has 0 aliphatic carbocycles. The molecule has 4 nitrogen and oxygen atoms in total.